The van der Waals surface area contributed by atoms with E-state index in [0.29, 0.717) is 35.3 Å². The summed E-state index contributed by atoms with van der Waals surface area (Å²) in [5.74, 6) is 4.33. The summed E-state index contributed by atoms with van der Waals surface area (Å²) in [7, 11) is 0. The van der Waals surface area contributed by atoms with Crippen molar-refractivity contribution in [3.63, 3.8) is 0 Å². The van der Waals surface area contributed by atoms with Crippen molar-refractivity contribution in [2.75, 3.05) is 0 Å². The van der Waals surface area contributed by atoms with E-state index in [-0.39, 0.29) is 10.8 Å². The molecular weight excluding hydrogens is 655 g/mol. The van der Waals surface area contributed by atoms with Crippen molar-refractivity contribution in [2.45, 2.75) is 11.3 Å². The summed E-state index contributed by atoms with van der Waals surface area (Å²) < 4.78 is 0. The average molecular weight is 686 g/mol. The van der Waals surface area contributed by atoms with Gasteiger partial charge in [-0.05, 0) is 73.2 Å². The van der Waals surface area contributed by atoms with E-state index in [1.54, 1.807) is 16.7 Å². The van der Waals surface area contributed by atoms with E-state index in [4.69, 9.17) is 15.0 Å². The van der Waals surface area contributed by atoms with Crippen LogP contribution in [-0.2, 0) is 5.41 Å². The molecule has 7 aromatic rings. The van der Waals surface area contributed by atoms with Crippen LogP contribution in [0.2, 0.25) is 0 Å². The zero-order valence-electron chi connectivity index (χ0n) is 29.2. The van der Waals surface area contributed by atoms with Gasteiger partial charge in [0.15, 0.2) is 17.5 Å². The second kappa shape index (κ2) is 9.37. The molecule has 250 valence electrons. The molecule has 1 heterocycles. The molecule has 2 spiro atoms. The Labute approximate surface area is 312 Å². The highest BCUT2D eigenvalue weighted by Gasteiger charge is 2.89. The van der Waals surface area contributed by atoms with E-state index < -0.39 is 0 Å². The summed E-state index contributed by atoms with van der Waals surface area (Å²) in [6, 6.07) is 46.2. The summed E-state index contributed by atoms with van der Waals surface area (Å²) in [6.07, 6.45) is 14.6. The Morgan fingerprint density at radius 3 is 2.02 bits per heavy atom. The maximum atomic E-state index is 5.37. The van der Waals surface area contributed by atoms with Crippen molar-refractivity contribution in [2.24, 2.45) is 23.2 Å². The SMILES string of the molecule is C1=CC2C3C(=C1)C1C4=CC=CC45[C@@H]1c1cc(-c4nc(-c6ccccc6)nc(-c6ccccc6-c6ccc7c8c(cccc68)-c6ccccc6-7)n4)ccc1C235. The molecule has 8 aliphatic rings. The molecule has 3 heteroatoms. The van der Waals surface area contributed by atoms with Crippen molar-refractivity contribution >= 4 is 10.8 Å². The van der Waals surface area contributed by atoms with Crippen LogP contribution in [0.5, 0.6) is 0 Å². The van der Waals surface area contributed by atoms with Gasteiger partial charge in [0.05, 0.1) is 0 Å². The molecular formula is C51H31N3. The first-order valence-corrected chi connectivity index (χ1v) is 19.3. The van der Waals surface area contributed by atoms with Crippen LogP contribution in [0.3, 0.4) is 0 Å². The molecule has 8 aliphatic carbocycles. The van der Waals surface area contributed by atoms with E-state index in [1.165, 1.54) is 44.2 Å². The van der Waals surface area contributed by atoms with Crippen LogP contribution in [0.1, 0.15) is 17.0 Å². The van der Waals surface area contributed by atoms with Gasteiger partial charge in [0.2, 0.25) is 0 Å². The fourth-order valence-electron chi connectivity index (χ4n) is 12.5. The van der Waals surface area contributed by atoms with Gasteiger partial charge in [-0.25, -0.2) is 15.0 Å². The highest BCUT2D eigenvalue weighted by atomic mass is 15.0. The van der Waals surface area contributed by atoms with E-state index in [0.717, 1.165) is 28.1 Å². The molecule has 0 N–H and O–H groups in total. The molecule has 0 amide bonds. The summed E-state index contributed by atoms with van der Waals surface area (Å²) >= 11 is 0. The molecule has 4 fully saturated rings. The van der Waals surface area contributed by atoms with Crippen LogP contribution in [0, 0.1) is 23.2 Å². The minimum absolute atomic E-state index is 0.138. The van der Waals surface area contributed by atoms with Crippen LogP contribution in [0.4, 0.5) is 0 Å². The standard InChI is InChI=1S/C51H31N3/c1-2-11-28(12-3-1)47-52-48(29-22-25-40-39(27-29)46-44-38-19-9-20-42-45(38)51(40,42)50(46)26-10-21-41(44)50)54-49(53-47)37-16-7-6-15-32(37)33-23-24-36-31-14-5-4-13-30(31)34-17-8-18-35(33)43(34)36/h1-27,42,44-46H/t42?,44?,45?,46-,50?,51?/m1/s1. The minimum atomic E-state index is 0.138. The molecule has 6 atom stereocenters. The number of hydrogen-bond acceptors (Lipinski definition) is 3. The maximum absolute atomic E-state index is 5.37. The first-order chi connectivity index (χ1) is 26.8. The number of rotatable bonds is 4. The van der Waals surface area contributed by atoms with E-state index in [2.05, 4.69) is 158 Å². The molecule has 6 aromatic carbocycles. The Morgan fingerprint density at radius 1 is 0.500 bits per heavy atom. The molecule has 4 saturated carbocycles. The molecule has 0 radical (unpaired) electrons. The van der Waals surface area contributed by atoms with Crippen molar-refractivity contribution in [3.8, 4) is 67.5 Å². The van der Waals surface area contributed by atoms with Crippen LogP contribution >= 0.6 is 0 Å². The van der Waals surface area contributed by atoms with Crippen LogP contribution in [0.15, 0.2) is 175 Å². The predicted molar refractivity (Wildman–Crippen MR) is 215 cm³/mol. The van der Waals surface area contributed by atoms with Crippen molar-refractivity contribution in [1.29, 1.82) is 0 Å². The zero-order chi connectivity index (χ0) is 34.9. The van der Waals surface area contributed by atoms with Gasteiger partial charge < -0.3 is 0 Å². The minimum Gasteiger partial charge on any atom is -0.208 e. The number of benzene rings is 6. The predicted octanol–water partition coefficient (Wildman–Crippen LogP) is 11.5. The number of nitrogens with zero attached hydrogens (tertiary/aromatic N) is 3. The fraction of sp³-hybridized carbons (Fsp3) is 0.118. The summed E-state index contributed by atoms with van der Waals surface area (Å²) in [6.45, 7) is 0. The van der Waals surface area contributed by atoms with E-state index in [9.17, 15) is 0 Å². The Kier molecular flexibility index (Phi) is 4.87. The lowest BCUT2D eigenvalue weighted by atomic mass is 9.42. The molecule has 1 aromatic heterocycles. The molecule has 3 nitrogen and oxygen atoms in total. The van der Waals surface area contributed by atoms with Gasteiger partial charge in [-0.1, -0.05) is 169 Å². The lowest BCUT2D eigenvalue weighted by Crippen LogP contribution is -2.54. The van der Waals surface area contributed by atoms with Gasteiger partial charge >= 0.3 is 0 Å². The molecule has 5 unspecified atom stereocenters. The van der Waals surface area contributed by atoms with Crippen molar-refractivity contribution in [3.05, 3.63) is 186 Å². The molecule has 4 bridgehead atoms. The second-order valence-electron chi connectivity index (χ2n) is 16.2. The Bertz CT molecular complexity index is 3010. The molecule has 0 aliphatic heterocycles. The maximum Gasteiger partial charge on any atom is 0.164 e. The van der Waals surface area contributed by atoms with Crippen molar-refractivity contribution < 1.29 is 0 Å². The van der Waals surface area contributed by atoms with Gasteiger partial charge in [-0.15, -0.1) is 0 Å². The number of allylic oxidation sites excluding steroid dienone is 8. The van der Waals surface area contributed by atoms with Gasteiger partial charge in [-0.2, -0.15) is 0 Å². The fourth-order valence-corrected chi connectivity index (χ4v) is 12.5. The third-order valence-electron chi connectivity index (χ3n) is 14.3. The highest BCUT2D eigenvalue weighted by Crippen LogP contribution is 2.93. The third-order valence-corrected chi connectivity index (χ3v) is 14.3. The Morgan fingerprint density at radius 2 is 1.19 bits per heavy atom. The van der Waals surface area contributed by atoms with Gasteiger partial charge in [0, 0.05) is 39.4 Å². The van der Waals surface area contributed by atoms with Crippen LogP contribution in [0.25, 0.3) is 78.3 Å². The normalized spacial score (nSPS) is 27.1. The molecule has 15 rings (SSSR count). The quantitative estimate of drug-likeness (QED) is 0.185. The third kappa shape index (κ3) is 3.00. The molecule has 0 saturated heterocycles. The number of fused-ring (bicyclic) bond motifs is 4. The summed E-state index contributed by atoms with van der Waals surface area (Å²) in [4.78, 5) is 15.8. The number of aromatic nitrogens is 3. The zero-order valence-corrected chi connectivity index (χ0v) is 29.2. The lowest BCUT2D eigenvalue weighted by molar-refractivity contribution is 0.128. The van der Waals surface area contributed by atoms with Crippen molar-refractivity contribution in [1.82, 2.24) is 15.0 Å². The average Bonchev–Trinajstić information content (AvgIpc) is 3.55. The van der Waals surface area contributed by atoms with E-state index in [1.807, 2.05) is 6.07 Å². The first-order valence-electron chi connectivity index (χ1n) is 19.3. The van der Waals surface area contributed by atoms with Gasteiger partial charge in [0.25, 0.3) is 0 Å². The largest absolute Gasteiger partial charge is 0.208 e. The van der Waals surface area contributed by atoms with E-state index >= 15 is 0 Å². The lowest BCUT2D eigenvalue weighted by Gasteiger charge is -2.59. The van der Waals surface area contributed by atoms with Crippen LogP contribution in [-0.4, -0.2) is 15.0 Å². The summed E-state index contributed by atoms with van der Waals surface area (Å²) in [5, 5.41) is 2.56. The van der Waals surface area contributed by atoms with Gasteiger partial charge in [-0.3, -0.25) is 0 Å². The van der Waals surface area contributed by atoms with Gasteiger partial charge in [0.1, 0.15) is 0 Å². The molecule has 54 heavy (non-hydrogen) atoms. The highest BCUT2D eigenvalue weighted by molar-refractivity contribution is 6.19. The Hall–Kier alpha value is -6.45. The second-order valence-corrected chi connectivity index (χ2v) is 16.2. The Balaban J connectivity index is 0.960. The monoisotopic (exact) mass is 685 g/mol. The number of hydrogen-bond donors (Lipinski definition) is 0. The first kappa shape index (κ1) is 28.1. The summed E-state index contributed by atoms with van der Waals surface area (Å²) in [5.41, 5.74) is 17.2. The van der Waals surface area contributed by atoms with Crippen LogP contribution < -0.4 is 0 Å². The topological polar surface area (TPSA) is 38.7 Å². The smallest absolute Gasteiger partial charge is 0.164 e.